The van der Waals surface area contributed by atoms with Gasteiger partial charge in [-0.15, -0.1) is 0 Å². The molecule has 0 aromatic heterocycles. The highest BCUT2D eigenvalue weighted by Gasteiger charge is 2.21. The molecule has 1 heterocycles. The molecule has 0 saturated carbocycles. The summed E-state index contributed by atoms with van der Waals surface area (Å²) in [6.07, 6.45) is 2.26. The molecule has 76 valence electrons. The Morgan fingerprint density at radius 2 is 2.46 bits per heavy atom. The highest BCUT2D eigenvalue weighted by molar-refractivity contribution is 5.78. The van der Waals surface area contributed by atoms with Crippen molar-refractivity contribution >= 4 is 5.91 Å². The molecule has 4 heteroatoms. The van der Waals surface area contributed by atoms with Gasteiger partial charge in [0.1, 0.15) is 0 Å². The second kappa shape index (κ2) is 5.19. The van der Waals surface area contributed by atoms with Crippen molar-refractivity contribution in [3.63, 3.8) is 0 Å². The van der Waals surface area contributed by atoms with Gasteiger partial charge in [0, 0.05) is 19.1 Å². The molecule has 1 unspecified atom stereocenters. The van der Waals surface area contributed by atoms with Gasteiger partial charge in [-0.3, -0.25) is 4.79 Å². The second-order valence-electron chi connectivity index (χ2n) is 3.44. The van der Waals surface area contributed by atoms with Crippen molar-refractivity contribution in [2.45, 2.75) is 25.8 Å². The number of carbonyl (C=O) groups is 1. The second-order valence-corrected chi connectivity index (χ2v) is 3.44. The van der Waals surface area contributed by atoms with Gasteiger partial charge in [0.15, 0.2) is 0 Å². The van der Waals surface area contributed by atoms with Crippen LogP contribution in [0.1, 0.15) is 19.8 Å². The molecule has 1 atom stereocenters. The first kappa shape index (κ1) is 10.5. The molecule has 1 aliphatic rings. The van der Waals surface area contributed by atoms with Gasteiger partial charge in [-0.1, -0.05) is 6.92 Å². The zero-order chi connectivity index (χ0) is 9.68. The van der Waals surface area contributed by atoms with E-state index in [1.165, 1.54) is 6.42 Å². The maximum Gasteiger partial charge on any atom is 0.236 e. The van der Waals surface area contributed by atoms with E-state index in [0.717, 1.165) is 26.1 Å². The van der Waals surface area contributed by atoms with Crippen LogP contribution in [0, 0.1) is 0 Å². The number of carbonyl (C=O) groups excluding carboxylic acids is 1. The summed E-state index contributed by atoms with van der Waals surface area (Å²) in [5.74, 6) is 0.0719. The number of hydrogen-bond acceptors (Lipinski definition) is 3. The molecule has 3 N–H and O–H groups in total. The largest absolute Gasteiger partial charge is 0.340 e. The minimum absolute atomic E-state index is 0.0719. The smallest absolute Gasteiger partial charge is 0.236 e. The van der Waals surface area contributed by atoms with Gasteiger partial charge in [0.2, 0.25) is 5.91 Å². The van der Waals surface area contributed by atoms with Crippen LogP contribution in [-0.4, -0.2) is 43.0 Å². The molecule has 0 aromatic carbocycles. The van der Waals surface area contributed by atoms with Crippen LogP contribution in [0.5, 0.6) is 0 Å². The summed E-state index contributed by atoms with van der Waals surface area (Å²) < 4.78 is 0. The Balaban J connectivity index is 2.37. The van der Waals surface area contributed by atoms with Crippen molar-refractivity contribution in [1.29, 1.82) is 0 Å². The fourth-order valence-electron chi connectivity index (χ4n) is 1.79. The lowest BCUT2D eigenvalue weighted by Gasteiger charge is -2.32. The summed E-state index contributed by atoms with van der Waals surface area (Å²) in [7, 11) is 0. The van der Waals surface area contributed by atoms with Gasteiger partial charge < -0.3 is 16.0 Å². The van der Waals surface area contributed by atoms with Crippen molar-refractivity contribution in [3.8, 4) is 0 Å². The van der Waals surface area contributed by atoms with E-state index in [4.69, 9.17) is 5.73 Å². The average molecular weight is 185 g/mol. The van der Waals surface area contributed by atoms with Gasteiger partial charge in [-0.25, -0.2) is 0 Å². The lowest BCUT2D eigenvalue weighted by atomic mass is 10.1. The van der Waals surface area contributed by atoms with Gasteiger partial charge in [-0.05, 0) is 19.4 Å². The van der Waals surface area contributed by atoms with Crippen molar-refractivity contribution in [2.75, 3.05) is 26.2 Å². The molecule has 0 aromatic rings. The third kappa shape index (κ3) is 2.97. The first-order chi connectivity index (χ1) is 6.27. The first-order valence-corrected chi connectivity index (χ1v) is 4.99. The van der Waals surface area contributed by atoms with E-state index >= 15 is 0 Å². The van der Waals surface area contributed by atoms with Gasteiger partial charge in [0.05, 0.1) is 6.54 Å². The highest BCUT2D eigenvalue weighted by Crippen LogP contribution is 2.09. The number of likely N-dealkylation sites (N-methyl/N-ethyl adjacent to an activating group) is 1. The Morgan fingerprint density at radius 3 is 3.08 bits per heavy atom. The molecule has 13 heavy (non-hydrogen) atoms. The topological polar surface area (TPSA) is 58.4 Å². The molecule has 1 saturated heterocycles. The van der Waals surface area contributed by atoms with E-state index in [0.29, 0.717) is 6.04 Å². The van der Waals surface area contributed by atoms with E-state index in [1.54, 1.807) is 0 Å². The van der Waals surface area contributed by atoms with Crippen molar-refractivity contribution < 1.29 is 4.79 Å². The number of nitrogens with one attached hydrogen (secondary N) is 1. The zero-order valence-electron chi connectivity index (χ0n) is 8.25. The Hall–Kier alpha value is -0.610. The lowest BCUT2D eigenvalue weighted by Crippen LogP contribution is -2.49. The summed E-state index contributed by atoms with van der Waals surface area (Å²) in [4.78, 5) is 13.1. The maximum absolute atomic E-state index is 11.3. The summed E-state index contributed by atoms with van der Waals surface area (Å²) in [6, 6.07) is 0.467. The predicted octanol–water partition coefficient (Wildman–Crippen LogP) is -0.454. The molecule has 0 spiro atoms. The monoisotopic (exact) mass is 185 g/mol. The normalized spacial score (nSPS) is 23.2. The summed E-state index contributed by atoms with van der Waals surface area (Å²) in [5, 5.41) is 3.36. The molecular formula is C9H19N3O. The van der Waals surface area contributed by atoms with E-state index in [2.05, 4.69) is 12.2 Å². The third-order valence-electron chi connectivity index (χ3n) is 2.44. The number of likely N-dealkylation sites (tertiary alicyclic amines) is 1. The minimum Gasteiger partial charge on any atom is -0.340 e. The molecule has 1 aliphatic heterocycles. The van der Waals surface area contributed by atoms with E-state index < -0.39 is 0 Å². The van der Waals surface area contributed by atoms with Crippen molar-refractivity contribution in [3.05, 3.63) is 0 Å². The number of nitrogens with zero attached hydrogens (tertiary/aromatic N) is 1. The van der Waals surface area contributed by atoms with Crippen LogP contribution < -0.4 is 11.1 Å². The maximum atomic E-state index is 11.3. The molecule has 1 amide bonds. The van der Waals surface area contributed by atoms with Gasteiger partial charge >= 0.3 is 0 Å². The molecule has 0 radical (unpaired) electrons. The van der Waals surface area contributed by atoms with Crippen LogP contribution in [0.15, 0.2) is 0 Å². The van der Waals surface area contributed by atoms with E-state index in [9.17, 15) is 4.79 Å². The quantitative estimate of drug-likeness (QED) is 0.626. The molecule has 0 bridgehead atoms. The molecule has 0 aliphatic carbocycles. The lowest BCUT2D eigenvalue weighted by molar-refractivity contribution is -0.131. The third-order valence-corrected chi connectivity index (χ3v) is 2.44. The average Bonchev–Trinajstić information content (AvgIpc) is 2.18. The SMILES string of the molecule is CCNC1CCCN(C(=O)CN)C1. The van der Waals surface area contributed by atoms with Crippen LogP contribution in [0.3, 0.4) is 0 Å². The van der Waals surface area contributed by atoms with Crippen molar-refractivity contribution in [1.82, 2.24) is 10.2 Å². The first-order valence-electron chi connectivity index (χ1n) is 4.99. The fourth-order valence-corrected chi connectivity index (χ4v) is 1.79. The zero-order valence-corrected chi connectivity index (χ0v) is 8.25. The van der Waals surface area contributed by atoms with Crippen LogP contribution in [0.2, 0.25) is 0 Å². The Labute approximate surface area is 79.5 Å². The van der Waals surface area contributed by atoms with E-state index in [1.807, 2.05) is 4.90 Å². The summed E-state index contributed by atoms with van der Waals surface area (Å²) >= 11 is 0. The predicted molar refractivity (Wildman–Crippen MR) is 52.3 cm³/mol. The number of hydrogen-bond donors (Lipinski definition) is 2. The molecule has 1 rings (SSSR count). The number of nitrogens with two attached hydrogens (primary N) is 1. The Bertz CT molecular complexity index is 170. The van der Waals surface area contributed by atoms with Crippen molar-refractivity contribution in [2.24, 2.45) is 5.73 Å². The number of rotatable bonds is 3. The minimum atomic E-state index is 0.0719. The Kier molecular flexibility index (Phi) is 4.18. The number of amides is 1. The fraction of sp³-hybridized carbons (Fsp3) is 0.889. The summed E-state index contributed by atoms with van der Waals surface area (Å²) in [6.45, 7) is 4.89. The van der Waals surface area contributed by atoms with Crippen LogP contribution in [-0.2, 0) is 4.79 Å². The Morgan fingerprint density at radius 1 is 1.69 bits per heavy atom. The molecular weight excluding hydrogens is 166 g/mol. The standard InChI is InChI=1S/C9H19N3O/c1-2-11-8-4-3-5-12(7-8)9(13)6-10/h8,11H,2-7,10H2,1H3. The van der Waals surface area contributed by atoms with Crippen LogP contribution in [0.25, 0.3) is 0 Å². The molecule has 4 nitrogen and oxygen atoms in total. The van der Waals surface area contributed by atoms with Crippen LogP contribution >= 0.6 is 0 Å². The highest BCUT2D eigenvalue weighted by atomic mass is 16.2. The number of piperidine rings is 1. The molecule has 1 fully saturated rings. The van der Waals surface area contributed by atoms with E-state index in [-0.39, 0.29) is 12.5 Å². The van der Waals surface area contributed by atoms with Crippen LogP contribution in [0.4, 0.5) is 0 Å². The van der Waals surface area contributed by atoms with Gasteiger partial charge in [0.25, 0.3) is 0 Å². The summed E-state index contributed by atoms with van der Waals surface area (Å²) in [5.41, 5.74) is 5.31. The van der Waals surface area contributed by atoms with Gasteiger partial charge in [-0.2, -0.15) is 0 Å².